The summed E-state index contributed by atoms with van der Waals surface area (Å²) < 4.78 is 5.60. The molecule has 0 aromatic rings. The third kappa shape index (κ3) is 3.19. The van der Waals surface area contributed by atoms with Crippen molar-refractivity contribution in [2.75, 3.05) is 13.1 Å². The zero-order chi connectivity index (χ0) is 12.3. The van der Waals surface area contributed by atoms with E-state index in [1.807, 2.05) is 25.7 Å². The number of rotatable bonds is 3. The highest BCUT2D eigenvalue weighted by molar-refractivity contribution is 5.82. The lowest BCUT2D eigenvalue weighted by Crippen LogP contribution is -2.54. The summed E-state index contributed by atoms with van der Waals surface area (Å²) in [5.74, 6) is 0.303. The van der Waals surface area contributed by atoms with Crippen molar-refractivity contribution in [1.82, 2.24) is 4.90 Å². The average molecular weight is 228 g/mol. The number of carbonyl (C=O) groups excluding carboxylic acids is 1. The lowest BCUT2D eigenvalue weighted by atomic mass is 9.98. The van der Waals surface area contributed by atoms with Gasteiger partial charge in [-0.1, -0.05) is 20.3 Å². The molecule has 1 fully saturated rings. The van der Waals surface area contributed by atoms with Crippen LogP contribution in [-0.4, -0.2) is 42.1 Å². The molecule has 1 saturated heterocycles. The van der Waals surface area contributed by atoms with Crippen molar-refractivity contribution in [3.8, 4) is 0 Å². The van der Waals surface area contributed by atoms with E-state index in [4.69, 9.17) is 10.5 Å². The van der Waals surface area contributed by atoms with Crippen molar-refractivity contribution in [1.29, 1.82) is 0 Å². The Hall–Kier alpha value is -0.610. The molecule has 1 heterocycles. The molecular weight excluding hydrogens is 204 g/mol. The van der Waals surface area contributed by atoms with E-state index in [1.165, 1.54) is 0 Å². The van der Waals surface area contributed by atoms with Crippen LogP contribution in [0.15, 0.2) is 0 Å². The maximum Gasteiger partial charge on any atom is 0.239 e. The molecule has 0 spiro atoms. The Morgan fingerprint density at radius 1 is 1.44 bits per heavy atom. The predicted molar refractivity (Wildman–Crippen MR) is 64.0 cm³/mol. The van der Waals surface area contributed by atoms with Gasteiger partial charge in [0.1, 0.15) is 0 Å². The van der Waals surface area contributed by atoms with Gasteiger partial charge in [-0.2, -0.15) is 0 Å². The van der Waals surface area contributed by atoms with E-state index in [9.17, 15) is 4.79 Å². The zero-order valence-corrected chi connectivity index (χ0v) is 10.8. The molecule has 0 saturated carbocycles. The summed E-state index contributed by atoms with van der Waals surface area (Å²) in [5, 5.41) is 0. The number of carbonyl (C=O) groups is 1. The molecular formula is C12H24N2O2. The van der Waals surface area contributed by atoms with Crippen molar-refractivity contribution in [3.63, 3.8) is 0 Å². The molecule has 16 heavy (non-hydrogen) atoms. The Balaban J connectivity index is 2.59. The fourth-order valence-electron chi connectivity index (χ4n) is 2.07. The van der Waals surface area contributed by atoms with Crippen molar-refractivity contribution in [2.24, 2.45) is 11.7 Å². The van der Waals surface area contributed by atoms with Gasteiger partial charge in [0.25, 0.3) is 0 Å². The van der Waals surface area contributed by atoms with Gasteiger partial charge in [0.05, 0.1) is 18.2 Å². The molecule has 1 amide bonds. The van der Waals surface area contributed by atoms with Crippen LogP contribution in [0.25, 0.3) is 0 Å². The summed E-state index contributed by atoms with van der Waals surface area (Å²) in [6, 6.07) is -0.373. The number of amides is 1. The topological polar surface area (TPSA) is 55.6 Å². The molecule has 2 N–H and O–H groups in total. The van der Waals surface area contributed by atoms with E-state index in [-0.39, 0.29) is 30.1 Å². The molecule has 0 radical (unpaired) electrons. The Morgan fingerprint density at radius 2 is 1.94 bits per heavy atom. The van der Waals surface area contributed by atoms with E-state index in [2.05, 4.69) is 6.92 Å². The molecule has 0 aromatic heterocycles. The standard InChI is InChI=1S/C12H24N2O2/c1-5-8(2)11(13)12(15)14-6-9(3)16-10(4)7-14/h8-11H,5-7,13H2,1-4H3/t8-,9?,10?,11-/m0/s1. The Kier molecular flexibility index (Phi) is 4.74. The minimum Gasteiger partial charge on any atom is -0.372 e. The summed E-state index contributed by atoms with van der Waals surface area (Å²) in [6.07, 6.45) is 1.15. The Bertz CT molecular complexity index is 235. The molecule has 4 heteroatoms. The van der Waals surface area contributed by atoms with Crippen LogP contribution in [-0.2, 0) is 9.53 Å². The third-order valence-corrected chi connectivity index (χ3v) is 3.27. The molecule has 94 valence electrons. The molecule has 0 aromatic carbocycles. The molecule has 4 atom stereocenters. The van der Waals surface area contributed by atoms with Gasteiger partial charge in [-0.3, -0.25) is 4.79 Å². The minimum atomic E-state index is -0.373. The summed E-state index contributed by atoms with van der Waals surface area (Å²) in [5.41, 5.74) is 5.96. The van der Waals surface area contributed by atoms with Crippen LogP contribution >= 0.6 is 0 Å². The fourth-order valence-corrected chi connectivity index (χ4v) is 2.07. The fraction of sp³-hybridized carbons (Fsp3) is 0.917. The quantitative estimate of drug-likeness (QED) is 0.784. The maximum absolute atomic E-state index is 12.1. The van der Waals surface area contributed by atoms with E-state index < -0.39 is 0 Å². The minimum absolute atomic E-state index is 0.0661. The number of ether oxygens (including phenoxy) is 1. The van der Waals surface area contributed by atoms with Gasteiger partial charge in [0.15, 0.2) is 0 Å². The van der Waals surface area contributed by atoms with Crippen molar-refractivity contribution in [3.05, 3.63) is 0 Å². The SMILES string of the molecule is CC[C@H](C)[C@H](N)C(=O)N1CC(C)OC(C)C1. The molecule has 0 aliphatic carbocycles. The third-order valence-electron chi connectivity index (χ3n) is 3.27. The zero-order valence-electron chi connectivity index (χ0n) is 10.8. The second-order valence-electron chi connectivity index (χ2n) is 4.91. The number of hydrogen-bond acceptors (Lipinski definition) is 3. The van der Waals surface area contributed by atoms with Gasteiger partial charge in [-0.25, -0.2) is 0 Å². The van der Waals surface area contributed by atoms with Crippen LogP contribution in [0.4, 0.5) is 0 Å². The molecule has 1 rings (SSSR count). The van der Waals surface area contributed by atoms with Gasteiger partial charge in [0, 0.05) is 13.1 Å². The normalized spacial score (nSPS) is 29.9. The van der Waals surface area contributed by atoms with E-state index in [1.54, 1.807) is 0 Å². The second kappa shape index (κ2) is 5.64. The first kappa shape index (κ1) is 13.5. The summed E-state index contributed by atoms with van der Waals surface area (Å²) in [4.78, 5) is 14.0. The highest BCUT2D eigenvalue weighted by atomic mass is 16.5. The van der Waals surface area contributed by atoms with Crippen molar-refractivity contribution >= 4 is 5.91 Å². The highest BCUT2D eigenvalue weighted by Crippen LogP contribution is 2.14. The molecule has 0 bridgehead atoms. The van der Waals surface area contributed by atoms with Crippen LogP contribution in [0.2, 0.25) is 0 Å². The first-order valence-electron chi connectivity index (χ1n) is 6.15. The van der Waals surface area contributed by atoms with Gasteiger partial charge in [0.2, 0.25) is 5.91 Å². The number of nitrogens with zero attached hydrogens (tertiary/aromatic N) is 1. The van der Waals surface area contributed by atoms with Gasteiger partial charge in [-0.15, -0.1) is 0 Å². The summed E-state index contributed by atoms with van der Waals surface area (Å²) in [7, 11) is 0. The van der Waals surface area contributed by atoms with Gasteiger partial charge in [-0.05, 0) is 19.8 Å². The van der Waals surface area contributed by atoms with Crippen molar-refractivity contribution in [2.45, 2.75) is 52.4 Å². The summed E-state index contributed by atoms with van der Waals surface area (Å²) >= 11 is 0. The smallest absolute Gasteiger partial charge is 0.239 e. The van der Waals surface area contributed by atoms with E-state index in [0.717, 1.165) is 6.42 Å². The Labute approximate surface area is 98.1 Å². The maximum atomic E-state index is 12.1. The number of nitrogens with two attached hydrogens (primary N) is 1. The van der Waals surface area contributed by atoms with E-state index in [0.29, 0.717) is 13.1 Å². The van der Waals surface area contributed by atoms with Gasteiger partial charge < -0.3 is 15.4 Å². The average Bonchev–Trinajstić information content (AvgIpc) is 2.24. The molecule has 1 aliphatic heterocycles. The van der Waals surface area contributed by atoms with Crippen LogP contribution in [0.3, 0.4) is 0 Å². The monoisotopic (exact) mass is 228 g/mol. The van der Waals surface area contributed by atoms with Crippen LogP contribution in [0, 0.1) is 5.92 Å². The first-order valence-corrected chi connectivity index (χ1v) is 6.15. The Morgan fingerprint density at radius 3 is 2.38 bits per heavy atom. The lowest BCUT2D eigenvalue weighted by Gasteiger charge is -2.37. The lowest BCUT2D eigenvalue weighted by molar-refractivity contribution is -0.145. The van der Waals surface area contributed by atoms with Crippen LogP contribution < -0.4 is 5.73 Å². The largest absolute Gasteiger partial charge is 0.372 e. The summed E-state index contributed by atoms with van der Waals surface area (Å²) in [6.45, 7) is 9.38. The van der Waals surface area contributed by atoms with Crippen molar-refractivity contribution < 1.29 is 9.53 Å². The van der Waals surface area contributed by atoms with Crippen LogP contribution in [0.1, 0.15) is 34.1 Å². The molecule has 4 nitrogen and oxygen atoms in total. The molecule has 2 unspecified atom stereocenters. The van der Waals surface area contributed by atoms with Crippen LogP contribution in [0.5, 0.6) is 0 Å². The molecule has 1 aliphatic rings. The predicted octanol–water partition coefficient (Wildman–Crippen LogP) is 0.996. The first-order chi connectivity index (χ1) is 7.45. The number of morpholine rings is 1. The van der Waals surface area contributed by atoms with Gasteiger partial charge >= 0.3 is 0 Å². The number of hydrogen-bond donors (Lipinski definition) is 1. The second-order valence-corrected chi connectivity index (χ2v) is 4.91. The van der Waals surface area contributed by atoms with E-state index >= 15 is 0 Å². The highest BCUT2D eigenvalue weighted by Gasteiger charge is 2.30.